The molecule has 8 heteroatoms. The molecule has 0 aliphatic carbocycles. The Balaban J connectivity index is 2.82. The molecule has 1 aromatic heterocycles. The van der Waals surface area contributed by atoms with Gasteiger partial charge in [-0.15, -0.1) is 0 Å². The van der Waals surface area contributed by atoms with Crippen LogP contribution >= 0.6 is 0 Å². The Morgan fingerprint density at radius 1 is 1.56 bits per heavy atom. The Hall–Kier alpha value is -1.41. The van der Waals surface area contributed by atoms with Gasteiger partial charge in [-0.25, -0.2) is 13.6 Å². The van der Waals surface area contributed by atoms with Crippen LogP contribution in [-0.4, -0.2) is 24.1 Å². The van der Waals surface area contributed by atoms with Crippen molar-refractivity contribution < 1.29 is 13.2 Å². The number of nitrogens with two attached hydrogens (primary N) is 1. The number of anilines is 1. The van der Waals surface area contributed by atoms with E-state index < -0.39 is 10.0 Å². The lowest BCUT2D eigenvalue weighted by molar-refractivity contribution is -0.116. The van der Waals surface area contributed by atoms with Gasteiger partial charge in [0.25, 0.3) is 0 Å². The fraction of sp³-hybridized carbons (Fsp3) is 0.600. The number of carbonyl (C=O) groups is 1. The highest BCUT2D eigenvalue weighted by Gasteiger charge is 2.19. The van der Waals surface area contributed by atoms with Gasteiger partial charge in [-0.1, -0.05) is 13.8 Å². The normalized spacial score (nSPS) is 11.8. The number of carbonyl (C=O) groups excluding carboxylic acids is 1. The number of rotatable bonds is 5. The molecule has 1 heterocycles. The molecule has 0 bridgehead atoms. The van der Waals surface area contributed by atoms with Crippen LogP contribution in [0.3, 0.4) is 0 Å². The van der Waals surface area contributed by atoms with E-state index in [1.807, 2.05) is 13.8 Å². The summed E-state index contributed by atoms with van der Waals surface area (Å²) in [4.78, 5) is 11.4. The van der Waals surface area contributed by atoms with Crippen molar-refractivity contribution in [1.29, 1.82) is 0 Å². The van der Waals surface area contributed by atoms with E-state index in [1.165, 1.54) is 10.9 Å². The Morgan fingerprint density at radius 2 is 2.17 bits per heavy atom. The highest BCUT2D eigenvalue weighted by Crippen LogP contribution is 2.17. The van der Waals surface area contributed by atoms with Crippen LogP contribution in [-0.2, 0) is 21.9 Å². The molecule has 102 valence electrons. The molecular formula is C10H18N4O3S. The maximum absolute atomic E-state index is 11.6. The Morgan fingerprint density at radius 3 is 2.67 bits per heavy atom. The number of nitrogens with zero attached hydrogens (tertiary/aromatic N) is 2. The first-order chi connectivity index (χ1) is 8.20. The number of hydrogen-bond acceptors (Lipinski definition) is 4. The van der Waals surface area contributed by atoms with Gasteiger partial charge in [0.15, 0.2) is 5.82 Å². The van der Waals surface area contributed by atoms with E-state index in [4.69, 9.17) is 5.14 Å². The van der Waals surface area contributed by atoms with Crippen LogP contribution in [0, 0.1) is 5.92 Å². The van der Waals surface area contributed by atoms with Crippen molar-refractivity contribution in [2.75, 3.05) is 5.32 Å². The smallest absolute Gasteiger partial charge is 0.243 e. The van der Waals surface area contributed by atoms with Gasteiger partial charge < -0.3 is 5.32 Å². The number of amides is 1. The van der Waals surface area contributed by atoms with Crippen molar-refractivity contribution in [1.82, 2.24) is 9.78 Å². The summed E-state index contributed by atoms with van der Waals surface area (Å²) in [6, 6.07) is 0. The Labute approximate surface area is 106 Å². The number of hydrogen-bond donors (Lipinski definition) is 2. The summed E-state index contributed by atoms with van der Waals surface area (Å²) < 4.78 is 23.9. The van der Waals surface area contributed by atoms with E-state index >= 15 is 0 Å². The molecule has 1 aromatic rings. The number of aryl methyl sites for hydroxylation is 1. The van der Waals surface area contributed by atoms with Crippen molar-refractivity contribution in [3.05, 3.63) is 6.20 Å². The molecule has 0 spiro atoms. The van der Waals surface area contributed by atoms with Gasteiger partial charge >= 0.3 is 0 Å². The third-order valence-corrected chi connectivity index (χ3v) is 3.22. The molecule has 0 radical (unpaired) electrons. The molecule has 0 atom stereocenters. The highest BCUT2D eigenvalue weighted by molar-refractivity contribution is 7.89. The fourth-order valence-corrected chi connectivity index (χ4v) is 2.04. The predicted octanol–water partition coefficient (Wildman–Crippen LogP) is 0.442. The second-order valence-electron chi connectivity index (χ2n) is 4.54. The molecule has 0 aliphatic heterocycles. The summed E-state index contributed by atoms with van der Waals surface area (Å²) in [6.45, 7) is 4.01. The summed E-state index contributed by atoms with van der Waals surface area (Å²) in [7, 11) is -2.33. The quantitative estimate of drug-likeness (QED) is 0.812. The number of sulfonamides is 1. The van der Waals surface area contributed by atoms with Crippen molar-refractivity contribution >= 4 is 21.7 Å². The molecule has 0 aliphatic rings. The Bertz CT molecular complexity index is 533. The molecule has 7 nitrogen and oxygen atoms in total. The van der Waals surface area contributed by atoms with Crippen LogP contribution in [0.4, 0.5) is 5.82 Å². The van der Waals surface area contributed by atoms with E-state index in [0.29, 0.717) is 12.3 Å². The van der Waals surface area contributed by atoms with Gasteiger partial charge in [0.2, 0.25) is 15.9 Å². The zero-order valence-electron chi connectivity index (χ0n) is 10.7. The van der Waals surface area contributed by atoms with Gasteiger partial charge in [-0.3, -0.25) is 9.48 Å². The molecule has 18 heavy (non-hydrogen) atoms. The topological polar surface area (TPSA) is 107 Å². The molecule has 0 fully saturated rings. The lowest BCUT2D eigenvalue weighted by Gasteiger charge is -2.05. The second-order valence-corrected chi connectivity index (χ2v) is 6.07. The molecule has 0 saturated carbocycles. The van der Waals surface area contributed by atoms with Crippen LogP contribution in [0.1, 0.15) is 26.7 Å². The van der Waals surface area contributed by atoms with E-state index in [9.17, 15) is 13.2 Å². The predicted molar refractivity (Wildman–Crippen MR) is 67.3 cm³/mol. The van der Waals surface area contributed by atoms with Gasteiger partial charge in [-0.2, -0.15) is 5.10 Å². The van der Waals surface area contributed by atoms with Crippen molar-refractivity contribution in [3.63, 3.8) is 0 Å². The average molecular weight is 274 g/mol. The highest BCUT2D eigenvalue weighted by atomic mass is 32.2. The summed E-state index contributed by atoms with van der Waals surface area (Å²) in [5.41, 5.74) is 0. The monoisotopic (exact) mass is 274 g/mol. The lowest BCUT2D eigenvalue weighted by Crippen LogP contribution is -2.17. The van der Waals surface area contributed by atoms with Crippen LogP contribution in [0.25, 0.3) is 0 Å². The van der Waals surface area contributed by atoms with Crippen molar-refractivity contribution in [2.45, 2.75) is 31.6 Å². The van der Waals surface area contributed by atoms with Gasteiger partial charge in [0.1, 0.15) is 4.90 Å². The summed E-state index contributed by atoms with van der Waals surface area (Å²) in [5.74, 6) is 0.109. The first kappa shape index (κ1) is 14.7. The van der Waals surface area contributed by atoms with Crippen LogP contribution in [0.5, 0.6) is 0 Å². The van der Waals surface area contributed by atoms with Crippen LogP contribution in [0.15, 0.2) is 11.1 Å². The molecule has 0 unspecified atom stereocenters. The second kappa shape index (κ2) is 5.49. The van der Waals surface area contributed by atoms with Gasteiger partial charge in [0.05, 0.1) is 0 Å². The van der Waals surface area contributed by atoms with Crippen LogP contribution in [0.2, 0.25) is 0 Å². The standard InChI is InChI=1S/C10H18N4O3S/c1-7(2)4-5-9(15)12-10-8(18(11,16)17)6-14(3)13-10/h6-7H,4-5H2,1-3H3,(H2,11,16,17)(H,12,13,15). The summed E-state index contributed by atoms with van der Waals surface area (Å²) >= 11 is 0. The zero-order chi connectivity index (χ0) is 13.9. The van der Waals surface area contributed by atoms with Crippen molar-refractivity contribution in [3.8, 4) is 0 Å². The van der Waals surface area contributed by atoms with E-state index in [2.05, 4.69) is 10.4 Å². The SMILES string of the molecule is CC(C)CCC(=O)Nc1nn(C)cc1S(N)(=O)=O. The van der Waals surface area contributed by atoms with Gasteiger partial charge in [-0.05, 0) is 12.3 Å². The molecule has 0 aromatic carbocycles. The maximum atomic E-state index is 11.6. The summed E-state index contributed by atoms with van der Waals surface area (Å²) in [6.07, 6.45) is 2.30. The zero-order valence-corrected chi connectivity index (χ0v) is 11.5. The van der Waals surface area contributed by atoms with Gasteiger partial charge in [0, 0.05) is 19.7 Å². The van der Waals surface area contributed by atoms with E-state index in [0.717, 1.165) is 6.42 Å². The minimum absolute atomic E-state index is 0.0197. The average Bonchev–Trinajstić information content (AvgIpc) is 2.56. The third-order valence-electron chi connectivity index (χ3n) is 2.31. The maximum Gasteiger partial charge on any atom is 0.243 e. The van der Waals surface area contributed by atoms with E-state index in [-0.39, 0.29) is 16.6 Å². The first-order valence-electron chi connectivity index (χ1n) is 5.56. The number of nitrogens with one attached hydrogen (secondary N) is 1. The minimum Gasteiger partial charge on any atom is -0.308 e. The number of primary sulfonamides is 1. The molecule has 3 N–H and O–H groups in total. The fourth-order valence-electron chi connectivity index (χ4n) is 1.38. The van der Waals surface area contributed by atoms with Crippen LogP contribution < -0.4 is 10.5 Å². The largest absolute Gasteiger partial charge is 0.308 e. The van der Waals surface area contributed by atoms with E-state index in [1.54, 1.807) is 7.05 Å². The van der Waals surface area contributed by atoms with Crippen molar-refractivity contribution in [2.24, 2.45) is 18.1 Å². The third kappa shape index (κ3) is 4.11. The lowest BCUT2D eigenvalue weighted by atomic mass is 10.1. The number of aromatic nitrogens is 2. The molecular weight excluding hydrogens is 256 g/mol. The summed E-state index contributed by atoms with van der Waals surface area (Å²) in [5, 5.41) is 11.4. The molecule has 1 amide bonds. The Kier molecular flexibility index (Phi) is 4.47. The first-order valence-corrected chi connectivity index (χ1v) is 7.11. The molecule has 0 saturated heterocycles. The molecule has 1 rings (SSSR count). The minimum atomic E-state index is -3.89.